The van der Waals surface area contributed by atoms with Gasteiger partial charge in [-0.1, -0.05) is 12.1 Å². The average Bonchev–Trinajstić information content (AvgIpc) is 3.36. The van der Waals surface area contributed by atoms with E-state index in [-0.39, 0.29) is 24.2 Å². The van der Waals surface area contributed by atoms with Gasteiger partial charge >= 0.3 is 0 Å². The molecule has 2 amide bonds. The molecule has 126 valence electrons. The second kappa shape index (κ2) is 6.86. The molecule has 1 aromatic carbocycles. The van der Waals surface area contributed by atoms with Crippen molar-refractivity contribution in [1.82, 2.24) is 9.78 Å². The molecule has 0 spiro atoms. The quantitative estimate of drug-likeness (QED) is 0.857. The van der Waals surface area contributed by atoms with Crippen molar-refractivity contribution < 1.29 is 9.59 Å². The number of carbonyl (C=O) groups is 2. The first-order valence-electron chi connectivity index (χ1n) is 8.29. The summed E-state index contributed by atoms with van der Waals surface area (Å²) in [7, 11) is 0. The van der Waals surface area contributed by atoms with E-state index < -0.39 is 0 Å². The molecule has 24 heavy (non-hydrogen) atoms. The summed E-state index contributed by atoms with van der Waals surface area (Å²) in [4.78, 5) is 24.0. The van der Waals surface area contributed by atoms with Crippen molar-refractivity contribution in [2.75, 3.05) is 10.6 Å². The van der Waals surface area contributed by atoms with E-state index in [1.807, 2.05) is 38.1 Å². The Morgan fingerprint density at radius 1 is 1.21 bits per heavy atom. The molecule has 6 heteroatoms. The zero-order chi connectivity index (χ0) is 17.1. The third-order valence-corrected chi connectivity index (χ3v) is 4.11. The average molecular weight is 326 g/mol. The molecular weight excluding hydrogens is 304 g/mol. The number of nitrogens with zero attached hydrogens (tertiary/aromatic N) is 2. The molecule has 0 bridgehead atoms. The number of hydrogen-bond donors (Lipinski definition) is 2. The maximum absolute atomic E-state index is 12.2. The third-order valence-electron chi connectivity index (χ3n) is 4.11. The van der Waals surface area contributed by atoms with Gasteiger partial charge in [-0.25, -0.2) is 4.68 Å². The Morgan fingerprint density at radius 3 is 2.54 bits per heavy atom. The fraction of sp³-hybridized carbons (Fsp3) is 0.389. The van der Waals surface area contributed by atoms with Crippen LogP contribution in [0.5, 0.6) is 0 Å². The van der Waals surface area contributed by atoms with Crippen LogP contribution in [0.25, 0.3) is 0 Å². The molecule has 0 radical (unpaired) electrons. The fourth-order valence-electron chi connectivity index (χ4n) is 2.54. The van der Waals surface area contributed by atoms with Crippen molar-refractivity contribution in [3.05, 3.63) is 41.6 Å². The van der Waals surface area contributed by atoms with E-state index in [1.165, 1.54) is 0 Å². The molecule has 2 aromatic rings. The molecule has 6 nitrogen and oxygen atoms in total. The third kappa shape index (κ3) is 3.82. The van der Waals surface area contributed by atoms with Gasteiger partial charge in [0.2, 0.25) is 11.8 Å². The van der Waals surface area contributed by atoms with Crippen molar-refractivity contribution >= 4 is 23.3 Å². The molecule has 1 heterocycles. The summed E-state index contributed by atoms with van der Waals surface area (Å²) < 4.78 is 1.77. The SMILES string of the molecule is CCn1ncc(C)c1NC(=O)Cc1ccc(NC(=O)C2CC2)cc1. The van der Waals surface area contributed by atoms with Crippen LogP contribution in [0.1, 0.15) is 30.9 Å². The Kier molecular flexibility index (Phi) is 4.64. The number of hydrogen-bond acceptors (Lipinski definition) is 3. The molecule has 0 unspecified atom stereocenters. The van der Waals surface area contributed by atoms with Crippen molar-refractivity contribution in [3.63, 3.8) is 0 Å². The van der Waals surface area contributed by atoms with Crippen molar-refractivity contribution in [2.24, 2.45) is 5.92 Å². The number of nitrogens with one attached hydrogen (secondary N) is 2. The predicted octanol–water partition coefficient (Wildman–Crippen LogP) is 2.74. The number of rotatable bonds is 6. The van der Waals surface area contributed by atoms with E-state index in [4.69, 9.17) is 0 Å². The van der Waals surface area contributed by atoms with Crippen molar-refractivity contribution in [3.8, 4) is 0 Å². The van der Waals surface area contributed by atoms with Gasteiger partial charge in [-0.2, -0.15) is 5.10 Å². The zero-order valence-electron chi connectivity index (χ0n) is 14.0. The van der Waals surface area contributed by atoms with Gasteiger partial charge in [0.1, 0.15) is 5.82 Å². The van der Waals surface area contributed by atoms with Crippen LogP contribution < -0.4 is 10.6 Å². The first-order chi connectivity index (χ1) is 11.6. The molecule has 3 rings (SSSR count). The van der Waals surface area contributed by atoms with Crippen LogP contribution >= 0.6 is 0 Å². The molecule has 0 aliphatic heterocycles. The minimum Gasteiger partial charge on any atom is -0.326 e. The number of aromatic nitrogens is 2. The highest BCUT2D eigenvalue weighted by Gasteiger charge is 2.29. The van der Waals surface area contributed by atoms with Crippen LogP contribution in [-0.2, 0) is 22.6 Å². The second-order valence-corrected chi connectivity index (χ2v) is 6.18. The van der Waals surface area contributed by atoms with E-state index >= 15 is 0 Å². The van der Waals surface area contributed by atoms with Gasteiger partial charge in [0.05, 0.1) is 12.6 Å². The van der Waals surface area contributed by atoms with E-state index in [0.717, 1.165) is 35.5 Å². The zero-order valence-corrected chi connectivity index (χ0v) is 14.0. The lowest BCUT2D eigenvalue weighted by Gasteiger charge is -2.09. The predicted molar refractivity (Wildman–Crippen MR) is 92.8 cm³/mol. The van der Waals surface area contributed by atoms with Gasteiger partial charge in [0.25, 0.3) is 0 Å². The van der Waals surface area contributed by atoms with Crippen molar-refractivity contribution in [1.29, 1.82) is 0 Å². The van der Waals surface area contributed by atoms with Gasteiger partial charge in [0.15, 0.2) is 0 Å². The first-order valence-corrected chi connectivity index (χ1v) is 8.29. The molecule has 1 fully saturated rings. The van der Waals surface area contributed by atoms with Crippen LogP contribution in [0.3, 0.4) is 0 Å². The van der Waals surface area contributed by atoms with Crippen LogP contribution in [0.2, 0.25) is 0 Å². The Hall–Kier alpha value is -2.63. The number of carbonyl (C=O) groups excluding carboxylic acids is 2. The lowest BCUT2D eigenvalue weighted by atomic mass is 10.1. The summed E-state index contributed by atoms with van der Waals surface area (Å²) in [6, 6.07) is 7.41. The van der Waals surface area contributed by atoms with Crippen LogP contribution in [0.15, 0.2) is 30.5 Å². The molecule has 0 saturated heterocycles. The topological polar surface area (TPSA) is 76.0 Å². The van der Waals surface area contributed by atoms with Gasteiger partial charge in [-0.3, -0.25) is 9.59 Å². The van der Waals surface area contributed by atoms with Crippen molar-refractivity contribution in [2.45, 2.75) is 39.7 Å². The highest BCUT2D eigenvalue weighted by Crippen LogP contribution is 2.30. The normalized spacial score (nSPS) is 13.6. The lowest BCUT2D eigenvalue weighted by molar-refractivity contribution is -0.117. The monoisotopic (exact) mass is 326 g/mol. The Labute approximate surface area is 141 Å². The number of amides is 2. The smallest absolute Gasteiger partial charge is 0.229 e. The van der Waals surface area contributed by atoms with E-state index in [1.54, 1.807) is 10.9 Å². The number of aryl methyl sites for hydroxylation is 2. The van der Waals surface area contributed by atoms with E-state index in [2.05, 4.69) is 15.7 Å². The fourth-order valence-corrected chi connectivity index (χ4v) is 2.54. The number of anilines is 2. The van der Waals surface area contributed by atoms with E-state index in [0.29, 0.717) is 6.54 Å². The molecule has 0 atom stereocenters. The van der Waals surface area contributed by atoms with Crippen LogP contribution in [0, 0.1) is 12.8 Å². The minimum atomic E-state index is -0.0805. The number of benzene rings is 1. The largest absolute Gasteiger partial charge is 0.326 e. The molecular formula is C18H22N4O2. The molecule has 2 N–H and O–H groups in total. The minimum absolute atomic E-state index is 0.0805. The van der Waals surface area contributed by atoms with Gasteiger partial charge in [-0.15, -0.1) is 0 Å². The second-order valence-electron chi connectivity index (χ2n) is 6.18. The summed E-state index contributed by atoms with van der Waals surface area (Å²) in [6.45, 7) is 4.61. The van der Waals surface area contributed by atoms with Gasteiger partial charge in [-0.05, 0) is 44.4 Å². The van der Waals surface area contributed by atoms with Crippen LogP contribution in [-0.4, -0.2) is 21.6 Å². The Bertz CT molecular complexity index is 745. The molecule has 1 saturated carbocycles. The van der Waals surface area contributed by atoms with Crippen LogP contribution in [0.4, 0.5) is 11.5 Å². The summed E-state index contributed by atoms with van der Waals surface area (Å²) in [5.74, 6) is 0.935. The van der Waals surface area contributed by atoms with Gasteiger partial charge < -0.3 is 10.6 Å². The maximum Gasteiger partial charge on any atom is 0.229 e. The Morgan fingerprint density at radius 2 is 1.92 bits per heavy atom. The lowest BCUT2D eigenvalue weighted by Crippen LogP contribution is -2.18. The standard InChI is InChI=1S/C18H22N4O2/c1-3-22-17(12(2)11-19-22)21-16(23)10-13-4-8-15(9-5-13)20-18(24)14-6-7-14/h4-5,8-9,11,14H,3,6-7,10H2,1-2H3,(H,20,24)(H,21,23). The highest BCUT2D eigenvalue weighted by atomic mass is 16.2. The van der Waals surface area contributed by atoms with E-state index in [9.17, 15) is 9.59 Å². The molecule has 1 aliphatic carbocycles. The summed E-state index contributed by atoms with van der Waals surface area (Å²) in [6.07, 6.45) is 4.00. The highest BCUT2D eigenvalue weighted by molar-refractivity contribution is 5.94. The van der Waals surface area contributed by atoms with Gasteiger partial charge in [0, 0.05) is 23.7 Å². The molecule has 1 aromatic heterocycles. The Balaban J connectivity index is 1.58. The molecule has 1 aliphatic rings. The first kappa shape index (κ1) is 16.2. The summed E-state index contributed by atoms with van der Waals surface area (Å²) in [5, 5.41) is 10.0. The maximum atomic E-state index is 12.2. The summed E-state index contributed by atoms with van der Waals surface area (Å²) in [5.41, 5.74) is 2.62. The summed E-state index contributed by atoms with van der Waals surface area (Å²) >= 11 is 0.